The normalized spacial score (nSPS) is 17.8. The van der Waals surface area contributed by atoms with Crippen LogP contribution in [0.2, 0.25) is 0 Å². The molecule has 0 aliphatic carbocycles. The highest BCUT2D eigenvalue weighted by atomic mass is 16.6. The van der Waals surface area contributed by atoms with Crippen molar-refractivity contribution in [3.63, 3.8) is 0 Å². The van der Waals surface area contributed by atoms with Crippen LogP contribution in [0.25, 0.3) is 0 Å². The smallest absolute Gasteiger partial charge is 0.323 e. The first kappa shape index (κ1) is 18.9. The number of carbonyl (C=O) groups excluding carboxylic acids is 1. The molecule has 0 bridgehead atoms. The topological polar surface area (TPSA) is 89.5 Å². The molecule has 7 heteroatoms. The number of allylic oxidation sites excluding steroid dienone is 2. The van der Waals surface area contributed by atoms with Crippen molar-refractivity contribution in [2.45, 2.75) is 52.7 Å². The Kier molecular flexibility index (Phi) is 7.47. The fourth-order valence-corrected chi connectivity index (χ4v) is 2.13. The van der Waals surface area contributed by atoms with Gasteiger partial charge in [0.25, 0.3) is 0 Å². The summed E-state index contributed by atoms with van der Waals surface area (Å²) in [6.45, 7) is 11.1. The van der Waals surface area contributed by atoms with Crippen molar-refractivity contribution in [1.29, 1.82) is 0 Å². The molecule has 2 N–H and O–H groups in total. The van der Waals surface area contributed by atoms with Crippen LogP contribution in [0.3, 0.4) is 0 Å². The molecule has 1 aliphatic heterocycles. The van der Waals surface area contributed by atoms with Crippen molar-refractivity contribution >= 4 is 19.0 Å². The standard InChI is InChI=1S/C16H26N4O3/c1-6-15-11(2)7-14(8-20(15)19-10-18-5)22-9-12(3)23-16(21)13(4)17/h8,10,12-13H,5-7,9,17H2,1-4H3/b19-10-/t12-,13?/m1/s1. The third-order valence-corrected chi connectivity index (χ3v) is 3.26. The number of aliphatic imine (C=N–C) groups is 1. The minimum atomic E-state index is -0.639. The van der Waals surface area contributed by atoms with Gasteiger partial charge in [-0.05, 0) is 39.5 Å². The van der Waals surface area contributed by atoms with Crippen LogP contribution in [-0.4, -0.2) is 42.8 Å². The van der Waals surface area contributed by atoms with Gasteiger partial charge in [-0.25, -0.2) is 5.01 Å². The summed E-state index contributed by atoms with van der Waals surface area (Å²) in [5, 5.41) is 5.95. The summed E-state index contributed by atoms with van der Waals surface area (Å²) in [6, 6.07) is -0.639. The molecular weight excluding hydrogens is 296 g/mol. The first-order valence-corrected chi connectivity index (χ1v) is 7.64. The molecule has 1 aliphatic rings. The summed E-state index contributed by atoms with van der Waals surface area (Å²) >= 11 is 0. The van der Waals surface area contributed by atoms with Crippen LogP contribution in [0.1, 0.15) is 40.5 Å². The molecule has 1 rings (SSSR count). The van der Waals surface area contributed by atoms with Crippen molar-refractivity contribution in [3.05, 3.63) is 23.2 Å². The Bertz CT molecular complexity index is 523. The van der Waals surface area contributed by atoms with Gasteiger partial charge < -0.3 is 15.2 Å². The van der Waals surface area contributed by atoms with E-state index in [9.17, 15) is 4.79 Å². The van der Waals surface area contributed by atoms with E-state index >= 15 is 0 Å². The number of rotatable bonds is 8. The number of hydrazone groups is 1. The molecule has 1 unspecified atom stereocenters. The van der Waals surface area contributed by atoms with E-state index in [2.05, 4.69) is 23.7 Å². The second-order valence-electron chi connectivity index (χ2n) is 5.46. The van der Waals surface area contributed by atoms with Gasteiger partial charge in [-0.3, -0.25) is 9.79 Å². The zero-order valence-electron chi connectivity index (χ0n) is 14.3. The lowest BCUT2D eigenvalue weighted by Crippen LogP contribution is -2.33. The number of nitrogens with two attached hydrogens (primary N) is 1. The molecule has 0 saturated heterocycles. The van der Waals surface area contributed by atoms with Crippen LogP contribution in [0.4, 0.5) is 0 Å². The van der Waals surface area contributed by atoms with E-state index in [1.165, 1.54) is 11.9 Å². The zero-order chi connectivity index (χ0) is 17.4. The highest BCUT2D eigenvalue weighted by molar-refractivity contribution is 5.75. The van der Waals surface area contributed by atoms with E-state index in [0.717, 1.165) is 17.9 Å². The Hall–Kier alpha value is -2.15. The van der Waals surface area contributed by atoms with Gasteiger partial charge in [0.15, 0.2) is 0 Å². The van der Waals surface area contributed by atoms with E-state index < -0.39 is 12.0 Å². The summed E-state index contributed by atoms with van der Waals surface area (Å²) < 4.78 is 10.9. The molecule has 0 aromatic rings. The summed E-state index contributed by atoms with van der Waals surface area (Å²) in [4.78, 5) is 15.1. The molecule has 0 amide bonds. The third kappa shape index (κ3) is 5.86. The summed E-state index contributed by atoms with van der Waals surface area (Å²) in [5.41, 5.74) is 7.75. The number of nitrogens with zero attached hydrogens (tertiary/aromatic N) is 3. The van der Waals surface area contributed by atoms with E-state index in [-0.39, 0.29) is 12.7 Å². The van der Waals surface area contributed by atoms with Gasteiger partial charge in [-0.2, -0.15) is 5.10 Å². The van der Waals surface area contributed by atoms with E-state index in [4.69, 9.17) is 15.2 Å². The average molecular weight is 322 g/mol. The second kappa shape index (κ2) is 9.09. The predicted octanol–water partition coefficient (Wildman–Crippen LogP) is 2.16. The average Bonchev–Trinajstić information content (AvgIpc) is 2.50. The lowest BCUT2D eigenvalue weighted by molar-refractivity contribution is -0.151. The van der Waals surface area contributed by atoms with Gasteiger partial charge in [-0.1, -0.05) is 6.92 Å². The Morgan fingerprint density at radius 1 is 1.57 bits per heavy atom. The Morgan fingerprint density at radius 2 is 2.26 bits per heavy atom. The molecule has 7 nitrogen and oxygen atoms in total. The monoisotopic (exact) mass is 322 g/mol. The van der Waals surface area contributed by atoms with Gasteiger partial charge >= 0.3 is 5.97 Å². The Morgan fingerprint density at radius 3 is 2.83 bits per heavy atom. The molecule has 0 aromatic heterocycles. The molecule has 0 fully saturated rings. The maximum Gasteiger partial charge on any atom is 0.323 e. The SMILES string of the molecule is C=N/C=N\N1C=C(OC[C@@H](C)OC(=O)C(C)N)CC(C)=C1CC. The minimum Gasteiger partial charge on any atom is -0.492 e. The molecular formula is C16H26N4O3. The Balaban J connectivity index is 2.66. The molecule has 128 valence electrons. The number of esters is 1. The van der Waals surface area contributed by atoms with E-state index in [1.54, 1.807) is 18.9 Å². The van der Waals surface area contributed by atoms with Crippen LogP contribution in [0.5, 0.6) is 0 Å². The van der Waals surface area contributed by atoms with Crippen LogP contribution in [0.15, 0.2) is 33.3 Å². The number of hydrogen-bond donors (Lipinski definition) is 1. The van der Waals surface area contributed by atoms with Crippen molar-refractivity contribution in [2.24, 2.45) is 15.8 Å². The van der Waals surface area contributed by atoms with Crippen LogP contribution in [-0.2, 0) is 14.3 Å². The van der Waals surface area contributed by atoms with Crippen LogP contribution < -0.4 is 5.73 Å². The molecule has 2 atom stereocenters. The maximum absolute atomic E-state index is 11.4. The van der Waals surface area contributed by atoms with E-state index in [0.29, 0.717) is 6.42 Å². The zero-order valence-corrected chi connectivity index (χ0v) is 14.3. The van der Waals surface area contributed by atoms with Crippen molar-refractivity contribution in [2.75, 3.05) is 6.61 Å². The Labute approximate surface area is 137 Å². The fraction of sp³-hybridized carbons (Fsp3) is 0.562. The van der Waals surface area contributed by atoms with Gasteiger partial charge in [0, 0.05) is 12.1 Å². The number of carbonyl (C=O) groups is 1. The van der Waals surface area contributed by atoms with Crippen LogP contribution in [0, 0.1) is 0 Å². The first-order chi connectivity index (χ1) is 10.9. The second-order valence-corrected chi connectivity index (χ2v) is 5.46. The largest absolute Gasteiger partial charge is 0.492 e. The van der Waals surface area contributed by atoms with Crippen molar-refractivity contribution < 1.29 is 14.3 Å². The van der Waals surface area contributed by atoms with Crippen molar-refractivity contribution in [1.82, 2.24) is 5.01 Å². The quantitative estimate of drug-likeness (QED) is 0.420. The lowest BCUT2D eigenvalue weighted by atomic mass is 10.1. The molecule has 1 heterocycles. The summed E-state index contributed by atoms with van der Waals surface area (Å²) in [5.74, 6) is 0.316. The third-order valence-electron chi connectivity index (χ3n) is 3.26. The summed E-state index contributed by atoms with van der Waals surface area (Å²) in [7, 11) is 0. The van der Waals surface area contributed by atoms with Crippen molar-refractivity contribution in [3.8, 4) is 0 Å². The number of hydrogen-bond acceptors (Lipinski definition) is 6. The first-order valence-electron chi connectivity index (χ1n) is 7.64. The van der Waals surface area contributed by atoms with Gasteiger partial charge in [0.2, 0.25) is 0 Å². The summed E-state index contributed by atoms with van der Waals surface area (Å²) in [6.07, 6.45) is 4.37. The van der Waals surface area contributed by atoms with Crippen LogP contribution >= 0.6 is 0 Å². The predicted molar refractivity (Wildman–Crippen MR) is 90.7 cm³/mol. The van der Waals surface area contributed by atoms with Gasteiger partial charge in [0.1, 0.15) is 30.9 Å². The molecule has 0 saturated carbocycles. The van der Waals surface area contributed by atoms with E-state index in [1.807, 2.05) is 13.1 Å². The minimum absolute atomic E-state index is 0.260. The highest BCUT2D eigenvalue weighted by Gasteiger charge is 2.19. The number of ether oxygens (including phenoxy) is 2. The maximum atomic E-state index is 11.4. The molecule has 0 aromatic carbocycles. The van der Waals surface area contributed by atoms with Gasteiger partial charge in [0.05, 0.1) is 6.20 Å². The highest BCUT2D eigenvalue weighted by Crippen LogP contribution is 2.27. The lowest BCUT2D eigenvalue weighted by Gasteiger charge is -2.27. The molecule has 0 spiro atoms. The fourth-order valence-electron chi connectivity index (χ4n) is 2.13. The van der Waals surface area contributed by atoms with Gasteiger partial charge in [-0.15, -0.1) is 0 Å². The molecule has 23 heavy (non-hydrogen) atoms. The molecule has 0 radical (unpaired) electrons.